The molecular weight excluding hydrogens is 954 g/mol. The summed E-state index contributed by atoms with van der Waals surface area (Å²) in [4.78, 5) is 18.8. The largest absolute Gasteiger partial charge is 4.00 e. The van der Waals surface area contributed by atoms with Gasteiger partial charge in [-0.1, -0.05) is 158 Å². The van der Waals surface area contributed by atoms with Crippen molar-refractivity contribution >= 4 is 45.8 Å². The summed E-state index contributed by atoms with van der Waals surface area (Å²) < 4.78 is 0. The van der Waals surface area contributed by atoms with E-state index in [9.17, 15) is 0 Å². The summed E-state index contributed by atoms with van der Waals surface area (Å²) >= 11 is 0. The molecule has 11 rings (SSSR count). The monoisotopic (exact) mass is 990 g/mol. The van der Waals surface area contributed by atoms with E-state index in [0.717, 1.165) is 90.3 Å². The molecule has 2 aliphatic rings. The van der Waals surface area contributed by atoms with Crippen LogP contribution in [-0.4, -0.2) is 9.97 Å². The van der Waals surface area contributed by atoms with Gasteiger partial charge >= 0.3 is 21.1 Å². The fraction of sp³-hybridized carbons (Fsp3) is 0. The minimum atomic E-state index is 0. The molecule has 0 saturated carbocycles. The van der Waals surface area contributed by atoms with Gasteiger partial charge in [0.2, 0.25) is 0 Å². The maximum atomic E-state index is 6.25. The van der Waals surface area contributed by atoms with Crippen LogP contribution in [0, 0.1) is 31.2 Å². The van der Waals surface area contributed by atoms with Crippen LogP contribution < -0.4 is 19.6 Å². The molecule has 0 aliphatic carbocycles. The van der Waals surface area contributed by atoms with Gasteiger partial charge in [0.15, 0.2) is 0 Å². The summed E-state index contributed by atoms with van der Waals surface area (Å²) in [7, 11) is 0. The molecule has 0 saturated heterocycles. The average Bonchev–Trinajstić information content (AvgIpc) is 3.95. The Bertz CT molecular complexity index is 2700. The number of aromatic nitrogens is 2. The first-order valence-corrected chi connectivity index (χ1v) is 20.3. The zero-order valence-corrected chi connectivity index (χ0v) is 36.1. The molecule has 63 heavy (non-hydrogen) atoms. The third kappa shape index (κ3) is 7.52. The first-order chi connectivity index (χ1) is 30.8. The molecule has 4 heterocycles. The van der Waals surface area contributed by atoms with Crippen LogP contribution >= 0.6 is 0 Å². The molecule has 0 spiro atoms. The Morgan fingerprint density at radius 1 is 0.365 bits per heavy atom. The van der Waals surface area contributed by atoms with E-state index in [-0.39, 0.29) is 21.1 Å². The fourth-order valence-electron chi connectivity index (χ4n) is 8.43. The van der Waals surface area contributed by atoms with Gasteiger partial charge in [-0.15, -0.1) is 42.9 Å². The average molecular weight is 991 g/mol. The molecule has 9 aromatic rings. The van der Waals surface area contributed by atoms with Gasteiger partial charge in [-0.3, -0.25) is 0 Å². The summed E-state index contributed by atoms with van der Waals surface area (Å²) in [6, 6.07) is 73.8. The Morgan fingerprint density at radius 3 is 1.02 bits per heavy atom. The van der Waals surface area contributed by atoms with Gasteiger partial charge in [-0.25, -0.2) is 9.97 Å². The van der Waals surface area contributed by atoms with E-state index in [0.29, 0.717) is 0 Å². The van der Waals surface area contributed by atoms with Gasteiger partial charge in [0.1, 0.15) is 11.6 Å². The third-order valence-electron chi connectivity index (χ3n) is 11.1. The van der Waals surface area contributed by atoms with E-state index in [2.05, 4.69) is 227 Å². The van der Waals surface area contributed by atoms with Crippen LogP contribution in [0.5, 0.6) is 0 Å². The molecular formula is C55H37N7Pt. The molecule has 0 N–H and O–H groups in total. The third-order valence-corrected chi connectivity index (χ3v) is 11.1. The first kappa shape index (κ1) is 40.6. The smallest absolute Gasteiger partial charge is 0.512 e. The van der Waals surface area contributed by atoms with Gasteiger partial charge in [0.25, 0.3) is 0 Å². The van der Waals surface area contributed by atoms with Crippen molar-refractivity contribution in [1.82, 2.24) is 9.97 Å². The van der Waals surface area contributed by atoms with Crippen molar-refractivity contribution in [3.05, 3.63) is 239 Å². The zero-order valence-electron chi connectivity index (χ0n) is 33.8. The second kappa shape index (κ2) is 18.1. The second-order valence-corrected chi connectivity index (χ2v) is 14.7. The van der Waals surface area contributed by atoms with Gasteiger partial charge in [-0.2, -0.15) is 6.07 Å². The van der Waals surface area contributed by atoms with Crippen LogP contribution in [0.1, 0.15) is 0 Å². The summed E-state index contributed by atoms with van der Waals surface area (Å²) in [6.07, 6.45) is 3.71. The van der Waals surface area contributed by atoms with Crippen LogP contribution in [0.4, 0.5) is 45.8 Å². The SMILES string of the molecule is [C-]#N.[Pt+4].[c-]1c(N2[CH-]N(c3c(-c4ccccc4)cccc3-c3ccccc3)c3cccnc32)cccc1N1[CH-]N(c2c(-c3ccccc3)cccc2-c2ccccc2)c2cccnc21. The normalized spacial score (nSPS) is 12.5. The fourth-order valence-corrected chi connectivity index (χ4v) is 8.43. The van der Waals surface area contributed by atoms with E-state index >= 15 is 0 Å². The van der Waals surface area contributed by atoms with Crippen molar-refractivity contribution in [3.63, 3.8) is 0 Å². The number of rotatable bonds is 8. The molecule has 8 heteroatoms. The number of hydrogen-bond acceptors (Lipinski definition) is 7. The van der Waals surface area contributed by atoms with Gasteiger partial charge < -0.3 is 31.4 Å². The summed E-state index contributed by atoms with van der Waals surface area (Å²) in [5, 5.41) is 6.25. The minimum Gasteiger partial charge on any atom is -0.512 e. The van der Waals surface area contributed by atoms with Crippen molar-refractivity contribution in [2.45, 2.75) is 0 Å². The quantitative estimate of drug-likeness (QED) is 0.141. The van der Waals surface area contributed by atoms with E-state index < -0.39 is 0 Å². The van der Waals surface area contributed by atoms with Crippen molar-refractivity contribution in [1.29, 1.82) is 5.26 Å². The summed E-state index contributed by atoms with van der Waals surface area (Å²) in [5.74, 6) is 1.64. The van der Waals surface area contributed by atoms with Crippen LogP contribution in [0.25, 0.3) is 44.5 Å². The Balaban J connectivity index is 0.00000166. The van der Waals surface area contributed by atoms with Crippen LogP contribution in [0.3, 0.4) is 0 Å². The standard InChI is InChI=1S/C54H37N6.CN.Pt/c1-5-18-39(19-6-1)45-28-14-29-46(40-20-7-2-8-21-40)51(45)59-37-57(53-49(59)32-16-34-55-53)43-26-13-27-44(36-43)58-38-60(50-33-17-35-56-54(50)58)52-47(41-22-9-3-10-23-41)30-15-31-48(52)42-24-11-4-12-25-42;1-2;/h1-35,37-38H;;/q-3;-1;+4. The number of pyridine rings is 2. The van der Waals surface area contributed by atoms with Gasteiger partial charge in [0.05, 0.1) is 11.4 Å². The molecule has 2 aromatic heterocycles. The molecule has 0 fully saturated rings. The Morgan fingerprint density at radius 2 is 0.683 bits per heavy atom. The molecule has 7 aromatic carbocycles. The van der Waals surface area contributed by atoms with E-state index in [1.165, 1.54) is 0 Å². The molecule has 2 aliphatic heterocycles. The van der Waals surface area contributed by atoms with E-state index in [1.807, 2.05) is 24.5 Å². The molecule has 0 atom stereocenters. The van der Waals surface area contributed by atoms with Crippen LogP contribution in [0.2, 0.25) is 0 Å². The maximum Gasteiger partial charge on any atom is 4.00 e. The topological polar surface area (TPSA) is 62.5 Å². The van der Waals surface area contributed by atoms with Gasteiger partial charge in [0, 0.05) is 46.0 Å². The maximum absolute atomic E-state index is 6.25. The Labute approximate surface area is 382 Å². The summed E-state index contributed by atoms with van der Waals surface area (Å²) in [6.45, 7) is 9.05. The second-order valence-electron chi connectivity index (χ2n) is 14.7. The van der Waals surface area contributed by atoms with Crippen molar-refractivity contribution < 1.29 is 21.1 Å². The van der Waals surface area contributed by atoms with Crippen molar-refractivity contribution in [2.24, 2.45) is 0 Å². The van der Waals surface area contributed by atoms with Crippen LogP contribution in [0.15, 0.2) is 213 Å². The Kier molecular flexibility index (Phi) is 11.6. The molecule has 0 bridgehead atoms. The number of para-hydroxylation sites is 2. The Hall–Kier alpha value is -7.78. The molecule has 0 unspecified atom stereocenters. The summed E-state index contributed by atoms with van der Waals surface area (Å²) in [5.41, 5.74) is 14.9. The zero-order chi connectivity index (χ0) is 41.8. The number of anilines is 8. The number of benzene rings is 7. The predicted molar refractivity (Wildman–Crippen MR) is 251 cm³/mol. The number of nitrogens with zero attached hydrogens (tertiary/aromatic N) is 7. The molecule has 302 valence electrons. The predicted octanol–water partition coefficient (Wildman–Crippen LogP) is 13.9. The number of hydrogen-bond donors (Lipinski definition) is 0. The molecule has 7 nitrogen and oxygen atoms in total. The first-order valence-electron chi connectivity index (χ1n) is 20.3. The number of fused-ring (bicyclic) bond motifs is 2. The molecule has 0 radical (unpaired) electrons. The van der Waals surface area contributed by atoms with E-state index in [4.69, 9.17) is 21.8 Å². The minimum absolute atomic E-state index is 0. The van der Waals surface area contributed by atoms with Crippen molar-refractivity contribution in [2.75, 3.05) is 19.6 Å². The van der Waals surface area contributed by atoms with Gasteiger partial charge in [-0.05, 0) is 46.5 Å². The van der Waals surface area contributed by atoms with Crippen LogP contribution in [-0.2, 0) is 21.1 Å². The van der Waals surface area contributed by atoms with E-state index in [1.54, 1.807) is 0 Å². The van der Waals surface area contributed by atoms with Crippen molar-refractivity contribution in [3.8, 4) is 44.5 Å². The molecule has 0 amide bonds.